The topological polar surface area (TPSA) is 38.2 Å². The highest BCUT2D eigenvalue weighted by Gasteiger charge is 2.27. The van der Waals surface area contributed by atoms with Gasteiger partial charge in [0, 0.05) is 18.1 Å². The number of rotatable bonds is 2. The standard InChI is InChI=1S/C14H16ClN3O/c1-10-9-19-12(6-15)8-18(10)14-16-7-11-4-2-3-5-13(11)17-14/h2-5,7,10,12H,6,8-9H2,1H3. The number of ether oxygens (including phenoxy) is 1. The van der Waals surface area contributed by atoms with E-state index in [4.69, 9.17) is 16.3 Å². The number of para-hydroxylation sites is 1. The van der Waals surface area contributed by atoms with Crippen molar-refractivity contribution in [2.75, 3.05) is 23.9 Å². The van der Waals surface area contributed by atoms with Crippen LogP contribution in [0.1, 0.15) is 6.92 Å². The Kier molecular flexibility index (Phi) is 3.53. The van der Waals surface area contributed by atoms with Crippen LogP contribution in [0.5, 0.6) is 0 Å². The highest BCUT2D eigenvalue weighted by Crippen LogP contribution is 2.20. The Hall–Kier alpha value is -1.39. The maximum absolute atomic E-state index is 5.88. The minimum absolute atomic E-state index is 0.0490. The zero-order chi connectivity index (χ0) is 13.2. The molecule has 2 atom stereocenters. The number of aromatic nitrogens is 2. The second-order valence-electron chi connectivity index (χ2n) is 4.84. The molecule has 1 saturated heterocycles. The zero-order valence-corrected chi connectivity index (χ0v) is 11.5. The summed E-state index contributed by atoms with van der Waals surface area (Å²) >= 11 is 5.88. The van der Waals surface area contributed by atoms with Crippen molar-refractivity contribution in [2.45, 2.75) is 19.1 Å². The van der Waals surface area contributed by atoms with Gasteiger partial charge in [-0.1, -0.05) is 18.2 Å². The molecule has 3 rings (SSSR count). The van der Waals surface area contributed by atoms with Gasteiger partial charge in [-0.25, -0.2) is 9.97 Å². The van der Waals surface area contributed by atoms with E-state index in [1.165, 1.54) is 0 Å². The predicted molar refractivity (Wildman–Crippen MR) is 76.8 cm³/mol. The number of benzene rings is 1. The second kappa shape index (κ2) is 5.31. The van der Waals surface area contributed by atoms with Crippen LogP contribution in [0.15, 0.2) is 30.5 Å². The predicted octanol–water partition coefficient (Wildman–Crippen LogP) is 2.46. The van der Waals surface area contributed by atoms with E-state index in [1.807, 2.05) is 30.5 Å². The molecule has 2 heterocycles. The second-order valence-corrected chi connectivity index (χ2v) is 5.15. The van der Waals surface area contributed by atoms with Crippen LogP contribution in [0, 0.1) is 0 Å². The molecular weight excluding hydrogens is 262 g/mol. The summed E-state index contributed by atoms with van der Waals surface area (Å²) in [6, 6.07) is 8.27. The molecule has 2 aromatic rings. The van der Waals surface area contributed by atoms with Crippen molar-refractivity contribution in [2.24, 2.45) is 0 Å². The monoisotopic (exact) mass is 277 g/mol. The summed E-state index contributed by atoms with van der Waals surface area (Å²) in [5.41, 5.74) is 0.966. The molecule has 0 saturated carbocycles. The van der Waals surface area contributed by atoms with Crippen molar-refractivity contribution in [3.63, 3.8) is 0 Å². The van der Waals surface area contributed by atoms with Gasteiger partial charge in [-0.2, -0.15) is 0 Å². The summed E-state index contributed by atoms with van der Waals surface area (Å²) in [5, 5.41) is 1.06. The van der Waals surface area contributed by atoms with Gasteiger partial charge < -0.3 is 9.64 Å². The normalized spacial score (nSPS) is 23.8. The number of halogens is 1. The number of alkyl halides is 1. The molecular formula is C14H16ClN3O. The van der Waals surface area contributed by atoms with Crippen LogP contribution in [0.3, 0.4) is 0 Å². The molecule has 0 bridgehead atoms. The van der Waals surface area contributed by atoms with Gasteiger partial charge in [0.1, 0.15) is 0 Å². The SMILES string of the molecule is CC1COC(CCl)CN1c1ncc2ccccc2n1. The van der Waals surface area contributed by atoms with Crippen molar-refractivity contribution in [3.8, 4) is 0 Å². The van der Waals surface area contributed by atoms with Crippen molar-refractivity contribution < 1.29 is 4.74 Å². The third-order valence-corrected chi connectivity index (χ3v) is 3.76. The van der Waals surface area contributed by atoms with Crippen LogP contribution in [0.2, 0.25) is 0 Å². The van der Waals surface area contributed by atoms with Gasteiger partial charge in [-0.05, 0) is 13.0 Å². The average molecular weight is 278 g/mol. The van der Waals surface area contributed by atoms with Gasteiger partial charge in [0.25, 0.3) is 0 Å². The van der Waals surface area contributed by atoms with E-state index in [0.717, 1.165) is 23.4 Å². The fraction of sp³-hybridized carbons (Fsp3) is 0.429. The number of fused-ring (bicyclic) bond motifs is 1. The summed E-state index contributed by atoms with van der Waals surface area (Å²) in [7, 11) is 0. The molecule has 4 nitrogen and oxygen atoms in total. The molecule has 1 aliphatic heterocycles. The summed E-state index contributed by atoms with van der Waals surface area (Å²) in [6.07, 6.45) is 1.92. The Morgan fingerprint density at radius 2 is 2.26 bits per heavy atom. The van der Waals surface area contributed by atoms with Crippen LogP contribution >= 0.6 is 11.6 Å². The molecule has 1 aromatic carbocycles. The first-order valence-electron chi connectivity index (χ1n) is 6.44. The van der Waals surface area contributed by atoms with Gasteiger partial charge in [0.05, 0.1) is 30.1 Å². The summed E-state index contributed by atoms with van der Waals surface area (Å²) in [5.74, 6) is 1.25. The fourth-order valence-electron chi connectivity index (χ4n) is 2.29. The molecule has 0 spiro atoms. The van der Waals surface area contributed by atoms with Crippen LogP contribution in [0.4, 0.5) is 5.95 Å². The first-order valence-corrected chi connectivity index (χ1v) is 6.97. The summed E-state index contributed by atoms with van der Waals surface area (Å²) in [6.45, 7) is 3.51. The number of morpholine rings is 1. The molecule has 100 valence electrons. The van der Waals surface area contributed by atoms with E-state index in [1.54, 1.807) is 0 Å². The van der Waals surface area contributed by atoms with E-state index in [0.29, 0.717) is 12.5 Å². The molecule has 1 aromatic heterocycles. The average Bonchev–Trinajstić information content (AvgIpc) is 2.47. The molecule has 19 heavy (non-hydrogen) atoms. The minimum Gasteiger partial charge on any atom is -0.373 e. The van der Waals surface area contributed by atoms with E-state index in [9.17, 15) is 0 Å². The van der Waals surface area contributed by atoms with Gasteiger partial charge in [0.15, 0.2) is 0 Å². The van der Waals surface area contributed by atoms with Crippen LogP contribution in [-0.4, -0.2) is 41.1 Å². The van der Waals surface area contributed by atoms with Gasteiger partial charge in [0.2, 0.25) is 5.95 Å². The largest absolute Gasteiger partial charge is 0.373 e. The van der Waals surface area contributed by atoms with Gasteiger partial charge >= 0.3 is 0 Å². The lowest BCUT2D eigenvalue weighted by molar-refractivity contribution is 0.0358. The third-order valence-electron chi connectivity index (χ3n) is 3.41. The molecule has 0 aliphatic carbocycles. The first kappa shape index (κ1) is 12.6. The van der Waals surface area contributed by atoms with Crippen molar-refractivity contribution in [1.82, 2.24) is 9.97 Å². The Bertz CT molecular complexity index is 577. The van der Waals surface area contributed by atoms with Crippen molar-refractivity contribution in [1.29, 1.82) is 0 Å². The molecule has 5 heteroatoms. The molecule has 2 unspecified atom stereocenters. The van der Waals surface area contributed by atoms with Crippen molar-refractivity contribution in [3.05, 3.63) is 30.5 Å². The highest BCUT2D eigenvalue weighted by atomic mass is 35.5. The molecule has 0 amide bonds. The zero-order valence-electron chi connectivity index (χ0n) is 10.8. The molecule has 1 fully saturated rings. The number of anilines is 1. The quantitative estimate of drug-likeness (QED) is 0.791. The van der Waals surface area contributed by atoms with E-state index in [-0.39, 0.29) is 12.1 Å². The fourth-order valence-corrected chi connectivity index (χ4v) is 2.48. The van der Waals surface area contributed by atoms with Gasteiger partial charge in [-0.3, -0.25) is 0 Å². The Morgan fingerprint density at radius 3 is 3.11 bits per heavy atom. The lowest BCUT2D eigenvalue weighted by Gasteiger charge is -2.37. The number of hydrogen-bond acceptors (Lipinski definition) is 4. The van der Waals surface area contributed by atoms with Crippen LogP contribution in [0.25, 0.3) is 10.9 Å². The van der Waals surface area contributed by atoms with Crippen LogP contribution in [-0.2, 0) is 4.74 Å². The maximum Gasteiger partial charge on any atom is 0.226 e. The highest BCUT2D eigenvalue weighted by molar-refractivity contribution is 6.18. The number of nitrogens with zero attached hydrogens (tertiary/aromatic N) is 3. The van der Waals surface area contributed by atoms with Crippen molar-refractivity contribution >= 4 is 28.5 Å². The summed E-state index contributed by atoms with van der Waals surface area (Å²) in [4.78, 5) is 11.3. The minimum atomic E-state index is 0.0490. The smallest absolute Gasteiger partial charge is 0.226 e. The lowest BCUT2D eigenvalue weighted by Crippen LogP contribution is -2.49. The van der Waals surface area contributed by atoms with E-state index >= 15 is 0 Å². The van der Waals surface area contributed by atoms with Crippen LogP contribution < -0.4 is 4.90 Å². The number of hydrogen-bond donors (Lipinski definition) is 0. The first-order chi connectivity index (χ1) is 9.28. The molecule has 0 N–H and O–H groups in total. The van der Waals surface area contributed by atoms with Gasteiger partial charge in [-0.15, -0.1) is 11.6 Å². The third kappa shape index (κ3) is 2.51. The molecule has 0 radical (unpaired) electrons. The van der Waals surface area contributed by atoms with E-state index < -0.39 is 0 Å². The Balaban J connectivity index is 1.93. The van der Waals surface area contributed by atoms with E-state index in [2.05, 4.69) is 21.8 Å². The molecule has 1 aliphatic rings. The summed E-state index contributed by atoms with van der Waals surface area (Å²) < 4.78 is 5.65. The Morgan fingerprint density at radius 1 is 1.42 bits per heavy atom. The maximum atomic E-state index is 5.88. The Labute approximate surface area is 117 Å². The lowest BCUT2D eigenvalue weighted by atomic mass is 10.2.